The van der Waals surface area contributed by atoms with Crippen LogP contribution >= 0.6 is 15.9 Å². The second-order valence-electron chi connectivity index (χ2n) is 2.84. The fourth-order valence-electron chi connectivity index (χ4n) is 1.30. The zero-order valence-electron chi connectivity index (χ0n) is 7.27. The summed E-state index contributed by atoms with van der Waals surface area (Å²) in [6.07, 6.45) is 0. The molecule has 5 heteroatoms. The van der Waals surface area contributed by atoms with Gasteiger partial charge in [0.1, 0.15) is 5.56 Å². The van der Waals surface area contributed by atoms with Gasteiger partial charge < -0.3 is 9.47 Å². The molecule has 1 aliphatic rings. The van der Waals surface area contributed by atoms with Crippen LogP contribution in [0.5, 0.6) is 11.5 Å². The van der Waals surface area contributed by atoms with Gasteiger partial charge in [0.25, 0.3) is 0 Å². The zero-order valence-corrected chi connectivity index (χ0v) is 8.85. The molecule has 1 aliphatic heterocycles. The normalized spacial score (nSPS) is 13.1. The minimum atomic E-state index is -0.609. The number of ether oxygens (including phenoxy) is 2. The highest BCUT2D eigenvalue weighted by Gasteiger charge is 2.26. The summed E-state index contributed by atoms with van der Waals surface area (Å²) in [5.74, 6) is -0.408. The first-order valence-corrected chi connectivity index (χ1v) is 4.69. The Balaban J connectivity index is 2.72. The van der Waals surface area contributed by atoms with E-state index in [1.807, 2.05) is 0 Å². The molecule has 2 rings (SSSR count). The first-order chi connectivity index (χ1) is 6.61. The fraction of sp³-hybridized carbons (Fsp3) is 0.222. The summed E-state index contributed by atoms with van der Waals surface area (Å²) in [5.41, 5.74) is -0.0631. The number of ketones is 1. The Morgan fingerprint density at radius 1 is 1.57 bits per heavy atom. The predicted molar refractivity (Wildman–Crippen MR) is 50.2 cm³/mol. The molecule has 0 radical (unpaired) electrons. The van der Waals surface area contributed by atoms with E-state index in [1.54, 1.807) is 0 Å². The van der Waals surface area contributed by atoms with Crippen LogP contribution < -0.4 is 9.47 Å². The molecule has 0 bridgehead atoms. The molecule has 0 fully saturated rings. The molecule has 0 saturated heterocycles. The van der Waals surface area contributed by atoms with Crippen LogP contribution in [0, 0.1) is 5.82 Å². The van der Waals surface area contributed by atoms with Crippen molar-refractivity contribution in [1.29, 1.82) is 0 Å². The highest BCUT2D eigenvalue weighted by molar-refractivity contribution is 9.10. The van der Waals surface area contributed by atoms with E-state index in [0.717, 1.165) is 0 Å². The molecule has 3 nitrogen and oxygen atoms in total. The molecular formula is C9H6BrFO3. The zero-order chi connectivity index (χ0) is 10.3. The molecular weight excluding hydrogens is 255 g/mol. The van der Waals surface area contributed by atoms with Crippen LogP contribution in [-0.2, 0) is 0 Å². The van der Waals surface area contributed by atoms with E-state index >= 15 is 0 Å². The highest BCUT2D eigenvalue weighted by atomic mass is 79.9. The summed E-state index contributed by atoms with van der Waals surface area (Å²) < 4.78 is 23.8. The lowest BCUT2D eigenvalue weighted by molar-refractivity contribution is 0.100. The maximum Gasteiger partial charge on any atom is 0.231 e. The molecule has 0 amide bonds. The van der Waals surface area contributed by atoms with Gasteiger partial charge in [0, 0.05) is 6.07 Å². The van der Waals surface area contributed by atoms with Crippen molar-refractivity contribution >= 4 is 21.7 Å². The molecule has 0 aromatic heterocycles. The molecule has 0 aliphatic carbocycles. The van der Waals surface area contributed by atoms with Crippen LogP contribution in [0.4, 0.5) is 4.39 Å². The summed E-state index contributed by atoms with van der Waals surface area (Å²) >= 11 is 3.01. The lowest BCUT2D eigenvalue weighted by Gasteiger charge is -2.05. The Labute approximate surface area is 87.9 Å². The number of hydrogen-bond acceptors (Lipinski definition) is 3. The number of carbonyl (C=O) groups is 1. The lowest BCUT2D eigenvalue weighted by Crippen LogP contribution is -2.01. The highest BCUT2D eigenvalue weighted by Crippen LogP contribution is 2.40. The Bertz CT molecular complexity index is 417. The summed E-state index contributed by atoms with van der Waals surface area (Å²) in [4.78, 5) is 11.2. The van der Waals surface area contributed by atoms with Gasteiger partial charge >= 0.3 is 0 Å². The lowest BCUT2D eigenvalue weighted by atomic mass is 10.1. The summed E-state index contributed by atoms with van der Waals surface area (Å²) in [5, 5.41) is 0. The average molecular weight is 261 g/mol. The van der Waals surface area contributed by atoms with Crippen molar-refractivity contribution in [3.63, 3.8) is 0 Å². The first kappa shape index (κ1) is 9.45. The van der Waals surface area contributed by atoms with Crippen molar-refractivity contribution in [2.75, 3.05) is 6.79 Å². The van der Waals surface area contributed by atoms with Gasteiger partial charge in [-0.1, -0.05) is 0 Å². The SMILES string of the molecule is CC(=O)c1c(F)c(Br)cc2c1OCO2. The molecule has 0 saturated carbocycles. The third-order valence-corrected chi connectivity index (χ3v) is 2.48. The Morgan fingerprint density at radius 3 is 2.93 bits per heavy atom. The first-order valence-electron chi connectivity index (χ1n) is 3.90. The third kappa shape index (κ3) is 1.28. The van der Waals surface area contributed by atoms with Gasteiger partial charge in [-0.25, -0.2) is 4.39 Å². The summed E-state index contributed by atoms with van der Waals surface area (Å²) in [7, 11) is 0. The average Bonchev–Trinajstić information content (AvgIpc) is 2.52. The van der Waals surface area contributed by atoms with Crippen molar-refractivity contribution in [2.45, 2.75) is 6.92 Å². The number of fused-ring (bicyclic) bond motifs is 1. The van der Waals surface area contributed by atoms with Gasteiger partial charge in [-0.2, -0.15) is 0 Å². The summed E-state index contributed by atoms with van der Waals surface area (Å²) in [6, 6.07) is 1.45. The number of benzene rings is 1. The van der Waals surface area contributed by atoms with Crippen LogP contribution in [0.1, 0.15) is 17.3 Å². The maximum absolute atomic E-state index is 13.5. The van der Waals surface area contributed by atoms with E-state index in [0.29, 0.717) is 5.75 Å². The van der Waals surface area contributed by atoms with Gasteiger partial charge in [0.15, 0.2) is 23.1 Å². The van der Waals surface area contributed by atoms with E-state index in [9.17, 15) is 9.18 Å². The van der Waals surface area contributed by atoms with Gasteiger partial charge in [-0.3, -0.25) is 4.79 Å². The molecule has 0 N–H and O–H groups in total. The van der Waals surface area contributed by atoms with Crippen molar-refractivity contribution in [3.05, 3.63) is 21.9 Å². The molecule has 0 spiro atoms. The molecule has 0 unspecified atom stereocenters. The van der Waals surface area contributed by atoms with E-state index < -0.39 is 5.82 Å². The summed E-state index contributed by atoms with van der Waals surface area (Å²) in [6.45, 7) is 1.30. The number of rotatable bonds is 1. The predicted octanol–water partition coefficient (Wildman–Crippen LogP) is 2.52. The van der Waals surface area contributed by atoms with Crippen LogP contribution in [-0.4, -0.2) is 12.6 Å². The van der Waals surface area contributed by atoms with Crippen molar-refractivity contribution in [1.82, 2.24) is 0 Å². The van der Waals surface area contributed by atoms with Crippen molar-refractivity contribution < 1.29 is 18.7 Å². The molecule has 1 aromatic carbocycles. The minimum Gasteiger partial charge on any atom is -0.454 e. The molecule has 14 heavy (non-hydrogen) atoms. The second kappa shape index (κ2) is 3.24. The molecule has 74 valence electrons. The van der Waals surface area contributed by atoms with Crippen molar-refractivity contribution in [3.8, 4) is 11.5 Å². The van der Waals surface area contributed by atoms with E-state index in [1.165, 1.54) is 13.0 Å². The Hall–Kier alpha value is -1.10. The third-order valence-electron chi connectivity index (χ3n) is 1.91. The number of halogens is 2. The van der Waals surface area contributed by atoms with Crippen LogP contribution in [0.2, 0.25) is 0 Å². The fourth-order valence-corrected chi connectivity index (χ4v) is 1.71. The van der Waals surface area contributed by atoms with Gasteiger partial charge in [0.05, 0.1) is 4.47 Å². The van der Waals surface area contributed by atoms with E-state index in [2.05, 4.69) is 15.9 Å². The topological polar surface area (TPSA) is 35.5 Å². The number of Topliss-reactive ketones (excluding diaryl/α,β-unsaturated/α-hetero) is 1. The molecule has 1 aromatic rings. The smallest absolute Gasteiger partial charge is 0.231 e. The van der Waals surface area contributed by atoms with Gasteiger partial charge in [-0.05, 0) is 22.9 Å². The quantitative estimate of drug-likeness (QED) is 0.728. The van der Waals surface area contributed by atoms with Gasteiger partial charge in [-0.15, -0.1) is 0 Å². The van der Waals surface area contributed by atoms with E-state index in [4.69, 9.17) is 9.47 Å². The number of hydrogen-bond donors (Lipinski definition) is 0. The maximum atomic E-state index is 13.5. The van der Waals surface area contributed by atoms with Crippen LogP contribution in [0.25, 0.3) is 0 Å². The van der Waals surface area contributed by atoms with Crippen molar-refractivity contribution in [2.24, 2.45) is 0 Å². The number of carbonyl (C=O) groups excluding carboxylic acids is 1. The van der Waals surface area contributed by atoms with Crippen LogP contribution in [0.15, 0.2) is 10.5 Å². The van der Waals surface area contributed by atoms with Crippen LogP contribution in [0.3, 0.4) is 0 Å². The van der Waals surface area contributed by atoms with E-state index in [-0.39, 0.29) is 28.4 Å². The Morgan fingerprint density at radius 2 is 2.29 bits per heavy atom. The minimum absolute atomic E-state index is 0.0194. The molecule has 0 atom stereocenters. The van der Waals surface area contributed by atoms with Gasteiger partial charge in [0.2, 0.25) is 6.79 Å². The standard InChI is InChI=1S/C9H6BrFO3/c1-4(12)7-8(11)5(10)2-6-9(7)14-3-13-6/h2H,3H2,1H3. The Kier molecular flexibility index (Phi) is 2.19. The molecule has 1 heterocycles. The largest absolute Gasteiger partial charge is 0.454 e. The second-order valence-corrected chi connectivity index (χ2v) is 3.69. The monoisotopic (exact) mass is 260 g/mol.